The molecule has 0 N–H and O–H groups in total. The molecule has 0 spiro atoms. The molecule has 2 bridgehead atoms. The summed E-state index contributed by atoms with van der Waals surface area (Å²) >= 11 is 0. The van der Waals surface area contributed by atoms with Crippen LogP contribution in [0, 0.1) is 34.0 Å². The summed E-state index contributed by atoms with van der Waals surface area (Å²) in [4.78, 5) is 15.6. The normalized spacial score (nSPS) is 50.2. The van der Waals surface area contributed by atoms with Gasteiger partial charge in [0.2, 0.25) is 0 Å². The maximum absolute atomic E-state index is 12.9. The molecule has 2 aliphatic heterocycles. The number of carbonyl (C=O) groups is 1. The fraction of sp³-hybridized carbons (Fsp3) is 0.880. The number of nitrogens with zero attached hydrogens (tertiary/aromatic N) is 1. The molecular formula is C25H39NO2. The molecule has 0 aromatic rings. The van der Waals surface area contributed by atoms with Crippen molar-refractivity contribution in [3.63, 3.8) is 0 Å². The van der Waals surface area contributed by atoms with E-state index in [-0.39, 0.29) is 18.0 Å². The average molecular weight is 386 g/mol. The van der Waals surface area contributed by atoms with Gasteiger partial charge in [0.25, 0.3) is 0 Å². The van der Waals surface area contributed by atoms with Crippen molar-refractivity contribution < 1.29 is 9.53 Å². The highest BCUT2D eigenvalue weighted by molar-refractivity contribution is 5.75. The van der Waals surface area contributed by atoms with Gasteiger partial charge in [-0.2, -0.15) is 0 Å². The Morgan fingerprint density at radius 1 is 1.18 bits per heavy atom. The largest absolute Gasteiger partial charge is 0.462 e. The molecule has 0 aromatic heterocycles. The van der Waals surface area contributed by atoms with Crippen LogP contribution in [0.4, 0.5) is 0 Å². The fourth-order valence-electron chi connectivity index (χ4n) is 8.51. The van der Waals surface area contributed by atoms with Crippen molar-refractivity contribution in [2.24, 2.45) is 34.0 Å². The first-order valence-electron chi connectivity index (χ1n) is 11.7. The first-order valence-corrected chi connectivity index (χ1v) is 11.7. The monoisotopic (exact) mass is 385 g/mol. The van der Waals surface area contributed by atoms with Crippen LogP contribution in [0.15, 0.2) is 12.2 Å². The number of rotatable bonds is 2. The first kappa shape index (κ1) is 19.2. The second-order valence-electron chi connectivity index (χ2n) is 12.5. The molecule has 5 fully saturated rings. The van der Waals surface area contributed by atoms with Gasteiger partial charge in [-0.3, -0.25) is 9.69 Å². The van der Waals surface area contributed by atoms with Crippen molar-refractivity contribution in [3.05, 3.63) is 12.2 Å². The van der Waals surface area contributed by atoms with Crippen LogP contribution in [0.5, 0.6) is 0 Å². The third-order valence-corrected chi connectivity index (χ3v) is 9.27. The molecule has 3 heteroatoms. The lowest BCUT2D eigenvalue weighted by atomic mass is 9.55. The number of likely N-dealkylation sites (tertiary alicyclic amines) is 1. The third-order valence-electron chi connectivity index (χ3n) is 9.27. The molecule has 5 rings (SSSR count). The average Bonchev–Trinajstić information content (AvgIpc) is 2.97. The Hall–Kier alpha value is -0.830. The smallest absolute Gasteiger partial charge is 0.310 e. The van der Waals surface area contributed by atoms with Crippen molar-refractivity contribution in [3.8, 4) is 0 Å². The number of allylic oxidation sites excluding steroid dienone is 1. The van der Waals surface area contributed by atoms with Gasteiger partial charge in [-0.15, -0.1) is 0 Å². The highest BCUT2D eigenvalue weighted by Crippen LogP contribution is 2.58. The zero-order chi connectivity index (χ0) is 19.9. The van der Waals surface area contributed by atoms with Crippen LogP contribution in [0.25, 0.3) is 0 Å². The van der Waals surface area contributed by atoms with Crippen molar-refractivity contribution >= 4 is 5.97 Å². The van der Waals surface area contributed by atoms with E-state index in [2.05, 4.69) is 39.2 Å². The maximum atomic E-state index is 12.9. The zero-order valence-corrected chi connectivity index (χ0v) is 18.4. The number of esters is 1. The molecule has 3 nitrogen and oxygen atoms in total. The Morgan fingerprint density at radius 3 is 2.75 bits per heavy atom. The minimum atomic E-state index is 0.0790. The lowest BCUT2D eigenvalue weighted by Crippen LogP contribution is -2.46. The van der Waals surface area contributed by atoms with Crippen molar-refractivity contribution in [1.29, 1.82) is 0 Å². The molecule has 0 aromatic carbocycles. The van der Waals surface area contributed by atoms with Crippen LogP contribution in [0.2, 0.25) is 0 Å². The molecule has 2 heterocycles. The van der Waals surface area contributed by atoms with Gasteiger partial charge in [0.1, 0.15) is 6.10 Å². The summed E-state index contributed by atoms with van der Waals surface area (Å²) < 4.78 is 6.02. The van der Waals surface area contributed by atoms with Crippen molar-refractivity contribution in [2.75, 3.05) is 13.1 Å². The Kier molecular flexibility index (Phi) is 4.17. The summed E-state index contributed by atoms with van der Waals surface area (Å²) in [6.45, 7) is 16.3. The summed E-state index contributed by atoms with van der Waals surface area (Å²) in [7, 11) is 0. The Bertz CT molecular complexity index is 699. The van der Waals surface area contributed by atoms with E-state index in [0.717, 1.165) is 25.9 Å². The van der Waals surface area contributed by atoms with Crippen LogP contribution < -0.4 is 0 Å². The molecule has 28 heavy (non-hydrogen) atoms. The van der Waals surface area contributed by atoms with Crippen molar-refractivity contribution in [2.45, 2.75) is 91.2 Å². The Morgan fingerprint density at radius 2 is 1.96 bits per heavy atom. The van der Waals surface area contributed by atoms with E-state index in [4.69, 9.17) is 4.74 Å². The minimum Gasteiger partial charge on any atom is -0.462 e. The van der Waals surface area contributed by atoms with E-state index in [1.165, 1.54) is 44.1 Å². The zero-order valence-electron chi connectivity index (χ0n) is 18.4. The highest BCUT2D eigenvalue weighted by Gasteiger charge is 2.57. The standard InChI is InChI=1S/C25H39NO2/c1-16-7-6-8-25(5)12-21-18(9-20(16)25)19(22(27)28-21)13-26-15-24(4)11-17(26)10-23(2,3)14-24/h17-21H,1,6-15H2,2-5H3/t17-,18+,19-,20-,21+,24+,25+/m0/s1. The molecule has 0 radical (unpaired) electrons. The number of carbonyl (C=O) groups excluding carboxylic acids is 1. The summed E-state index contributed by atoms with van der Waals surface area (Å²) in [5, 5.41) is 0. The Labute approximate surface area is 171 Å². The van der Waals surface area contributed by atoms with Gasteiger partial charge in [-0.25, -0.2) is 0 Å². The molecule has 0 amide bonds. The molecule has 3 aliphatic carbocycles. The fourth-order valence-corrected chi connectivity index (χ4v) is 8.51. The van der Waals surface area contributed by atoms with E-state index < -0.39 is 0 Å². The molecule has 5 aliphatic rings. The van der Waals surface area contributed by atoms with Gasteiger partial charge < -0.3 is 4.74 Å². The summed E-state index contributed by atoms with van der Waals surface area (Å²) in [5.41, 5.74) is 2.60. The van der Waals surface area contributed by atoms with Crippen LogP contribution >= 0.6 is 0 Å². The molecule has 7 atom stereocenters. The van der Waals surface area contributed by atoms with E-state index in [9.17, 15) is 4.79 Å². The molecule has 0 unspecified atom stereocenters. The van der Waals surface area contributed by atoms with E-state index in [0.29, 0.717) is 34.1 Å². The number of fused-ring (bicyclic) bond motifs is 4. The number of hydrogen-bond acceptors (Lipinski definition) is 3. The molecule has 3 saturated carbocycles. The Balaban J connectivity index is 1.34. The van der Waals surface area contributed by atoms with Gasteiger partial charge in [-0.05, 0) is 73.5 Å². The molecule has 2 saturated heterocycles. The lowest BCUT2D eigenvalue weighted by molar-refractivity contribution is -0.146. The molecule has 156 valence electrons. The highest BCUT2D eigenvalue weighted by atomic mass is 16.6. The quantitative estimate of drug-likeness (QED) is 0.483. The summed E-state index contributed by atoms with van der Waals surface area (Å²) in [6.07, 6.45) is 9.93. The number of ether oxygens (including phenoxy) is 1. The van der Waals surface area contributed by atoms with Crippen LogP contribution in [0.1, 0.15) is 79.1 Å². The topological polar surface area (TPSA) is 29.5 Å². The van der Waals surface area contributed by atoms with E-state index >= 15 is 0 Å². The van der Waals surface area contributed by atoms with E-state index in [1.54, 1.807) is 0 Å². The van der Waals surface area contributed by atoms with Crippen molar-refractivity contribution in [1.82, 2.24) is 4.90 Å². The van der Waals surface area contributed by atoms with E-state index in [1.807, 2.05) is 0 Å². The van der Waals surface area contributed by atoms with Gasteiger partial charge in [0.05, 0.1) is 5.92 Å². The van der Waals surface area contributed by atoms with Gasteiger partial charge in [0.15, 0.2) is 0 Å². The van der Waals surface area contributed by atoms with Gasteiger partial charge in [-0.1, -0.05) is 39.8 Å². The first-order chi connectivity index (χ1) is 13.1. The van der Waals surface area contributed by atoms with Crippen LogP contribution in [-0.4, -0.2) is 36.1 Å². The summed E-state index contributed by atoms with van der Waals surface area (Å²) in [5.74, 6) is 1.17. The van der Waals surface area contributed by atoms with Crippen LogP contribution in [-0.2, 0) is 9.53 Å². The number of hydrogen-bond donors (Lipinski definition) is 0. The minimum absolute atomic E-state index is 0.0790. The van der Waals surface area contributed by atoms with Gasteiger partial charge in [0, 0.05) is 25.0 Å². The van der Waals surface area contributed by atoms with Gasteiger partial charge >= 0.3 is 5.97 Å². The third kappa shape index (κ3) is 2.99. The predicted octanol–water partition coefficient (Wildman–Crippen LogP) is 5.20. The predicted molar refractivity (Wildman–Crippen MR) is 112 cm³/mol. The SMILES string of the molecule is C=C1CCC[C@]2(C)C[C@H]3OC(=O)[C@@H](CN4C[C@]5(C)C[C@@H]4CC(C)(C)C5)[C@H]3C[C@@H]12. The molecular weight excluding hydrogens is 346 g/mol. The van der Waals surface area contributed by atoms with Crippen LogP contribution in [0.3, 0.4) is 0 Å². The maximum Gasteiger partial charge on any atom is 0.310 e. The lowest BCUT2D eigenvalue weighted by Gasteiger charge is -2.50. The summed E-state index contributed by atoms with van der Waals surface area (Å²) in [6, 6.07) is 0.652. The second kappa shape index (κ2) is 6.09. The second-order valence-corrected chi connectivity index (χ2v) is 12.5.